The number of nitrogens with one attached hydrogen (secondary N) is 1. The van der Waals surface area contributed by atoms with E-state index in [2.05, 4.69) is 64.4 Å². The lowest BCUT2D eigenvalue weighted by atomic mass is 9.33. The van der Waals surface area contributed by atoms with Crippen molar-refractivity contribution >= 4 is 11.5 Å². The second-order valence-electron chi connectivity index (χ2n) is 19.0. The highest BCUT2D eigenvalue weighted by atomic mass is 16.5. The highest BCUT2D eigenvalue weighted by Gasteiger charge is 2.70. The number of hydrogen-bond donors (Lipinski definition) is 2. The van der Waals surface area contributed by atoms with Crippen molar-refractivity contribution in [3.8, 4) is 0 Å². The Morgan fingerprint density at radius 2 is 1.75 bits per heavy atom. The number of morpholine rings is 1. The Morgan fingerprint density at radius 1 is 0.979 bits per heavy atom. The summed E-state index contributed by atoms with van der Waals surface area (Å²) in [5.74, 6) is 2.56. The summed E-state index contributed by atoms with van der Waals surface area (Å²) in [6.45, 7) is 24.4. The normalized spacial score (nSPS) is 45.9. The van der Waals surface area contributed by atoms with E-state index in [0.717, 1.165) is 44.5 Å². The van der Waals surface area contributed by atoms with E-state index in [-0.39, 0.29) is 16.4 Å². The van der Waals surface area contributed by atoms with Gasteiger partial charge in [0.15, 0.2) is 0 Å². The van der Waals surface area contributed by atoms with Crippen LogP contribution < -0.4 is 5.32 Å². The van der Waals surface area contributed by atoms with E-state index in [1.165, 1.54) is 74.5 Å². The molecule has 2 aliphatic heterocycles. The summed E-state index contributed by atoms with van der Waals surface area (Å²) in [5, 5.41) is 13.8. The van der Waals surface area contributed by atoms with E-state index in [1.807, 2.05) is 12.1 Å². The van der Waals surface area contributed by atoms with Crippen molar-refractivity contribution in [1.29, 1.82) is 0 Å². The standard InChI is InChI=1S/C43H62N2O3/c1-27(2)32-14-19-43(44-22-23-45-25-31-24-30(45)26-48-31)21-20-41(6)34(37(32)43)12-13-36-40(5)17-15-33(28-8-10-29(11-9-28)38(46)47)39(3,4)35(40)16-18-42(36,41)7/h8-11,15,30-32,34-37,44H,1,12-14,16-26H2,2-7H3,(H,46,47)/t30-,31-,32-,34+,35-,36+,37+,40-,41+,42+,43-/m0/s1. The van der Waals surface area contributed by atoms with Gasteiger partial charge in [-0.25, -0.2) is 4.79 Å². The highest BCUT2D eigenvalue weighted by Crippen LogP contribution is 2.76. The van der Waals surface area contributed by atoms with E-state index in [4.69, 9.17) is 4.74 Å². The number of carbonyl (C=O) groups is 1. The fourth-order valence-corrected chi connectivity index (χ4v) is 14.5. The Labute approximate surface area is 290 Å². The average molecular weight is 655 g/mol. The predicted molar refractivity (Wildman–Crippen MR) is 194 cm³/mol. The van der Waals surface area contributed by atoms with Crippen LogP contribution in [0.5, 0.6) is 0 Å². The van der Waals surface area contributed by atoms with Gasteiger partial charge >= 0.3 is 5.97 Å². The number of carboxylic acids is 1. The van der Waals surface area contributed by atoms with Crippen molar-refractivity contribution in [1.82, 2.24) is 10.2 Å². The maximum absolute atomic E-state index is 11.6. The van der Waals surface area contributed by atoms with Gasteiger partial charge in [-0.2, -0.15) is 0 Å². The van der Waals surface area contributed by atoms with Gasteiger partial charge in [0.25, 0.3) is 0 Å². The van der Waals surface area contributed by atoms with Crippen molar-refractivity contribution in [3.05, 3.63) is 53.6 Å². The van der Waals surface area contributed by atoms with Gasteiger partial charge in [-0.15, -0.1) is 0 Å². The van der Waals surface area contributed by atoms with Gasteiger partial charge in [0.05, 0.1) is 18.3 Å². The zero-order valence-corrected chi connectivity index (χ0v) is 30.7. The quantitative estimate of drug-likeness (QED) is 0.288. The van der Waals surface area contributed by atoms with Crippen LogP contribution in [-0.2, 0) is 4.74 Å². The zero-order valence-electron chi connectivity index (χ0n) is 30.7. The maximum atomic E-state index is 11.6. The molecule has 48 heavy (non-hydrogen) atoms. The van der Waals surface area contributed by atoms with Crippen LogP contribution in [0.15, 0.2) is 42.5 Å². The fraction of sp³-hybridized carbons (Fsp3) is 0.744. The van der Waals surface area contributed by atoms with E-state index < -0.39 is 5.97 Å². The molecule has 2 heterocycles. The van der Waals surface area contributed by atoms with Crippen molar-refractivity contribution in [2.45, 2.75) is 123 Å². The zero-order chi connectivity index (χ0) is 33.9. The number of allylic oxidation sites excluding steroid dienone is 3. The smallest absolute Gasteiger partial charge is 0.335 e. The minimum absolute atomic E-state index is 0.0416. The second-order valence-corrected chi connectivity index (χ2v) is 19.0. The molecule has 11 atom stereocenters. The summed E-state index contributed by atoms with van der Waals surface area (Å²) in [4.78, 5) is 14.3. The van der Waals surface area contributed by atoms with Crippen LogP contribution in [-0.4, -0.2) is 59.9 Å². The van der Waals surface area contributed by atoms with Crippen molar-refractivity contribution < 1.29 is 14.6 Å². The molecule has 2 saturated heterocycles. The Kier molecular flexibility index (Phi) is 7.80. The van der Waals surface area contributed by atoms with Gasteiger partial charge in [0.2, 0.25) is 0 Å². The van der Waals surface area contributed by atoms with Crippen LogP contribution in [0.3, 0.4) is 0 Å². The largest absolute Gasteiger partial charge is 0.478 e. The van der Waals surface area contributed by atoms with E-state index >= 15 is 0 Å². The molecule has 7 aliphatic rings. The van der Waals surface area contributed by atoms with Gasteiger partial charge in [0, 0.05) is 31.2 Å². The molecule has 1 aromatic carbocycles. The number of nitrogens with zero attached hydrogens (tertiary/aromatic N) is 1. The van der Waals surface area contributed by atoms with E-state index in [1.54, 1.807) is 12.1 Å². The number of benzene rings is 1. The van der Waals surface area contributed by atoms with E-state index in [0.29, 0.717) is 46.3 Å². The van der Waals surface area contributed by atoms with Crippen LogP contribution in [0.2, 0.25) is 0 Å². The average Bonchev–Trinajstić information content (AvgIpc) is 3.76. The van der Waals surface area contributed by atoms with Crippen LogP contribution in [0.25, 0.3) is 5.57 Å². The first-order valence-electron chi connectivity index (χ1n) is 19.5. The predicted octanol–water partition coefficient (Wildman–Crippen LogP) is 8.85. The minimum atomic E-state index is -0.853. The van der Waals surface area contributed by atoms with Gasteiger partial charge in [0.1, 0.15) is 0 Å². The molecule has 2 N–H and O–H groups in total. The molecule has 5 heteroatoms. The third-order valence-corrected chi connectivity index (χ3v) is 17.0. The summed E-state index contributed by atoms with van der Waals surface area (Å²) >= 11 is 0. The molecule has 5 nitrogen and oxygen atoms in total. The molecule has 4 saturated carbocycles. The molecule has 1 aromatic rings. The molecule has 2 bridgehead atoms. The lowest BCUT2D eigenvalue weighted by molar-refractivity contribution is -0.219. The molecule has 6 fully saturated rings. The summed E-state index contributed by atoms with van der Waals surface area (Å²) in [7, 11) is 0. The van der Waals surface area contributed by atoms with Gasteiger partial charge in [-0.3, -0.25) is 4.90 Å². The van der Waals surface area contributed by atoms with Crippen LogP contribution >= 0.6 is 0 Å². The molecule has 0 radical (unpaired) electrons. The van der Waals surface area contributed by atoms with Gasteiger partial charge in [-0.05, 0) is 146 Å². The number of fused-ring (bicyclic) bond motifs is 9. The SMILES string of the molecule is C=C(C)[C@@H]1CC[C@]2(NCCN3C[C@@H]4C[C@H]3CO4)CC[C@]3(C)[C@H](CC[C@@H]4[C@@]5(C)CC=C(c6ccc(C(=O)O)cc6)C(C)(C)[C@@H]5CC[C@]43C)[C@@H]12. The molecule has 5 aliphatic carbocycles. The lowest BCUT2D eigenvalue weighted by Gasteiger charge is -2.72. The molecule has 8 rings (SSSR count). The van der Waals surface area contributed by atoms with Crippen molar-refractivity contribution in [3.63, 3.8) is 0 Å². The first-order chi connectivity index (χ1) is 22.7. The summed E-state index contributed by atoms with van der Waals surface area (Å²) in [6.07, 6.45) is 16.0. The topological polar surface area (TPSA) is 61.8 Å². The molecular formula is C43H62N2O3. The monoisotopic (exact) mass is 654 g/mol. The van der Waals surface area contributed by atoms with Crippen LogP contribution in [0.1, 0.15) is 122 Å². The highest BCUT2D eigenvalue weighted by molar-refractivity contribution is 5.88. The number of likely N-dealkylation sites (tertiary alicyclic amines) is 1. The van der Waals surface area contributed by atoms with Crippen LogP contribution in [0, 0.1) is 51.2 Å². The van der Waals surface area contributed by atoms with E-state index in [9.17, 15) is 9.90 Å². The molecule has 0 amide bonds. The number of aromatic carboxylic acids is 1. The second kappa shape index (κ2) is 11.3. The lowest BCUT2D eigenvalue weighted by Crippen LogP contribution is -2.68. The van der Waals surface area contributed by atoms with Crippen LogP contribution in [0.4, 0.5) is 0 Å². The molecule has 262 valence electrons. The molecule has 0 aromatic heterocycles. The summed E-state index contributed by atoms with van der Waals surface area (Å²) in [6, 6.07) is 8.31. The first-order valence-corrected chi connectivity index (χ1v) is 19.5. The number of hydrogen-bond acceptors (Lipinski definition) is 4. The summed E-state index contributed by atoms with van der Waals surface area (Å²) < 4.78 is 5.91. The molecule has 0 unspecified atom stereocenters. The Bertz CT molecular complexity index is 1500. The third kappa shape index (κ3) is 4.61. The Hall–Kier alpha value is -1.95. The Balaban J connectivity index is 1.07. The van der Waals surface area contributed by atoms with Gasteiger partial charge < -0.3 is 15.2 Å². The molecule has 0 spiro atoms. The number of ether oxygens (including phenoxy) is 1. The number of carboxylic acid groups (broad SMARTS) is 1. The fourth-order valence-electron chi connectivity index (χ4n) is 14.5. The van der Waals surface area contributed by atoms with Crippen molar-refractivity contribution in [2.24, 2.45) is 51.2 Å². The number of rotatable bonds is 7. The molecular weight excluding hydrogens is 592 g/mol. The summed E-state index contributed by atoms with van der Waals surface area (Å²) in [5.41, 5.74) is 5.64. The third-order valence-electron chi connectivity index (χ3n) is 17.0. The first kappa shape index (κ1) is 33.2. The Morgan fingerprint density at radius 3 is 2.42 bits per heavy atom. The van der Waals surface area contributed by atoms with Crippen molar-refractivity contribution in [2.75, 3.05) is 26.2 Å². The van der Waals surface area contributed by atoms with Gasteiger partial charge in [-0.1, -0.05) is 65.0 Å². The minimum Gasteiger partial charge on any atom is -0.478 e. The maximum Gasteiger partial charge on any atom is 0.335 e.